The van der Waals surface area contributed by atoms with Crippen molar-refractivity contribution in [2.24, 2.45) is 0 Å². The fourth-order valence-corrected chi connectivity index (χ4v) is 1.04. The highest BCUT2D eigenvalue weighted by atomic mass is 16.1. The van der Waals surface area contributed by atoms with Crippen LogP contribution in [0.15, 0.2) is 12.7 Å². The third-order valence-electron chi connectivity index (χ3n) is 1.57. The van der Waals surface area contributed by atoms with E-state index >= 15 is 0 Å². The first-order valence-corrected chi connectivity index (χ1v) is 4.94. The third kappa shape index (κ3) is 7.71. The second kappa shape index (κ2) is 6.20. The molecular weight excluding hydrogens is 190 g/mol. The van der Waals surface area contributed by atoms with Gasteiger partial charge in [0.15, 0.2) is 0 Å². The van der Waals surface area contributed by atoms with Crippen molar-refractivity contribution in [1.29, 1.82) is 5.26 Å². The molecule has 0 fully saturated rings. The Hall–Kier alpha value is -1.34. The zero-order chi connectivity index (χ0) is 11.9. The lowest BCUT2D eigenvalue weighted by molar-refractivity contribution is -0.122. The monoisotopic (exact) mass is 209 g/mol. The molecule has 0 aromatic carbocycles. The van der Waals surface area contributed by atoms with Crippen molar-refractivity contribution in [3.63, 3.8) is 0 Å². The van der Waals surface area contributed by atoms with Gasteiger partial charge in [-0.05, 0) is 20.8 Å². The smallest absolute Gasteiger partial charge is 0.223 e. The summed E-state index contributed by atoms with van der Waals surface area (Å²) in [5.41, 5.74) is -0.254. The molecular formula is C11H19N3O. The summed E-state index contributed by atoms with van der Waals surface area (Å²) in [5, 5.41) is 14.5. The average Bonchev–Trinajstić information content (AvgIpc) is 2.09. The molecule has 1 amide bonds. The average molecular weight is 209 g/mol. The molecule has 0 rings (SSSR count). The van der Waals surface area contributed by atoms with Crippen LogP contribution in [-0.4, -0.2) is 24.0 Å². The molecule has 0 saturated carbocycles. The molecule has 0 bridgehead atoms. The van der Waals surface area contributed by atoms with Crippen LogP contribution in [0.4, 0.5) is 0 Å². The summed E-state index contributed by atoms with van der Waals surface area (Å²) in [7, 11) is 0. The van der Waals surface area contributed by atoms with E-state index in [1.807, 2.05) is 26.8 Å². The first-order chi connectivity index (χ1) is 6.89. The molecule has 0 aliphatic carbocycles. The number of hydrogen-bond donors (Lipinski definition) is 2. The van der Waals surface area contributed by atoms with Crippen molar-refractivity contribution in [2.75, 3.05) is 6.54 Å². The third-order valence-corrected chi connectivity index (χ3v) is 1.57. The topological polar surface area (TPSA) is 64.9 Å². The van der Waals surface area contributed by atoms with Gasteiger partial charge in [-0.25, -0.2) is 0 Å². The highest BCUT2D eigenvalue weighted by Gasteiger charge is 2.17. The van der Waals surface area contributed by atoms with E-state index in [2.05, 4.69) is 17.2 Å². The summed E-state index contributed by atoms with van der Waals surface area (Å²) in [6.07, 6.45) is 1.83. The number of nitrogens with zero attached hydrogens (tertiary/aromatic N) is 1. The van der Waals surface area contributed by atoms with Crippen LogP contribution in [0.25, 0.3) is 0 Å². The molecule has 0 spiro atoms. The Labute approximate surface area is 91.4 Å². The largest absolute Gasteiger partial charge is 0.351 e. The van der Waals surface area contributed by atoms with Gasteiger partial charge in [0, 0.05) is 12.1 Å². The lowest BCUT2D eigenvalue weighted by Crippen LogP contribution is -2.43. The summed E-state index contributed by atoms with van der Waals surface area (Å²) in [6, 6.07) is 1.58. The summed E-state index contributed by atoms with van der Waals surface area (Å²) >= 11 is 0. The van der Waals surface area contributed by atoms with Gasteiger partial charge in [-0.2, -0.15) is 5.26 Å². The number of carbonyl (C=O) groups excluding carboxylic acids is 1. The molecule has 15 heavy (non-hydrogen) atoms. The van der Waals surface area contributed by atoms with Gasteiger partial charge >= 0.3 is 0 Å². The number of amides is 1. The van der Waals surface area contributed by atoms with E-state index in [1.165, 1.54) is 0 Å². The first kappa shape index (κ1) is 13.7. The van der Waals surface area contributed by atoms with E-state index in [-0.39, 0.29) is 17.9 Å². The van der Waals surface area contributed by atoms with E-state index in [4.69, 9.17) is 5.26 Å². The van der Waals surface area contributed by atoms with Gasteiger partial charge in [0.1, 0.15) is 6.04 Å². The molecule has 4 nitrogen and oxygen atoms in total. The Kier molecular flexibility index (Phi) is 5.65. The Bertz CT molecular complexity index is 260. The molecule has 1 unspecified atom stereocenters. The van der Waals surface area contributed by atoms with Crippen LogP contribution in [0.2, 0.25) is 0 Å². The number of nitrogens with one attached hydrogen (secondary N) is 2. The Balaban J connectivity index is 4.03. The second-order valence-corrected chi connectivity index (χ2v) is 4.38. The minimum atomic E-state index is -0.453. The van der Waals surface area contributed by atoms with Gasteiger partial charge in [-0.1, -0.05) is 6.08 Å². The second-order valence-electron chi connectivity index (χ2n) is 4.38. The Morgan fingerprint density at radius 1 is 1.60 bits per heavy atom. The van der Waals surface area contributed by atoms with E-state index in [1.54, 1.807) is 6.08 Å². The minimum absolute atomic E-state index is 0.120. The molecule has 0 aromatic rings. The van der Waals surface area contributed by atoms with Gasteiger partial charge in [0.05, 0.1) is 12.5 Å². The van der Waals surface area contributed by atoms with Gasteiger partial charge < -0.3 is 5.32 Å². The zero-order valence-electron chi connectivity index (χ0n) is 9.63. The predicted octanol–water partition coefficient (Wildman–Crippen LogP) is 0.959. The highest BCUT2D eigenvalue weighted by Crippen LogP contribution is 2.00. The quantitative estimate of drug-likeness (QED) is 0.663. The summed E-state index contributed by atoms with van der Waals surface area (Å²) < 4.78 is 0. The van der Waals surface area contributed by atoms with Crippen LogP contribution in [0.1, 0.15) is 27.2 Å². The summed E-state index contributed by atoms with van der Waals surface area (Å²) in [5.74, 6) is -0.120. The maximum absolute atomic E-state index is 11.5. The predicted molar refractivity (Wildman–Crippen MR) is 60.1 cm³/mol. The van der Waals surface area contributed by atoms with Crippen molar-refractivity contribution in [1.82, 2.24) is 10.6 Å². The fraction of sp³-hybridized carbons (Fsp3) is 0.636. The molecule has 0 aliphatic heterocycles. The van der Waals surface area contributed by atoms with Crippen LogP contribution < -0.4 is 10.6 Å². The molecule has 0 heterocycles. The van der Waals surface area contributed by atoms with E-state index in [0.29, 0.717) is 6.54 Å². The molecule has 1 atom stereocenters. The molecule has 2 N–H and O–H groups in total. The number of rotatable bonds is 5. The van der Waals surface area contributed by atoms with Gasteiger partial charge in [-0.3, -0.25) is 10.1 Å². The van der Waals surface area contributed by atoms with Crippen LogP contribution >= 0.6 is 0 Å². The SMILES string of the molecule is C=CCNC(C#N)CC(=O)NC(C)(C)C. The lowest BCUT2D eigenvalue weighted by Gasteiger charge is -2.21. The van der Waals surface area contributed by atoms with Gasteiger partial charge in [0.25, 0.3) is 0 Å². The van der Waals surface area contributed by atoms with Crippen LogP contribution in [0.5, 0.6) is 0 Å². The minimum Gasteiger partial charge on any atom is -0.351 e. The van der Waals surface area contributed by atoms with Crippen LogP contribution in [0, 0.1) is 11.3 Å². The molecule has 4 heteroatoms. The highest BCUT2D eigenvalue weighted by molar-refractivity contribution is 5.77. The van der Waals surface area contributed by atoms with Crippen LogP contribution in [0.3, 0.4) is 0 Å². The molecule has 0 radical (unpaired) electrons. The van der Waals surface area contributed by atoms with Crippen molar-refractivity contribution in [2.45, 2.75) is 38.8 Å². The molecule has 0 aromatic heterocycles. The maximum atomic E-state index is 11.5. The number of carbonyl (C=O) groups is 1. The van der Waals surface area contributed by atoms with Gasteiger partial charge in [0.2, 0.25) is 5.91 Å². The zero-order valence-corrected chi connectivity index (χ0v) is 9.63. The van der Waals surface area contributed by atoms with Gasteiger partial charge in [-0.15, -0.1) is 6.58 Å². The van der Waals surface area contributed by atoms with E-state index in [0.717, 1.165) is 0 Å². The van der Waals surface area contributed by atoms with Crippen molar-refractivity contribution >= 4 is 5.91 Å². The standard InChI is InChI=1S/C11H19N3O/c1-5-6-13-9(8-12)7-10(15)14-11(2,3)4/h5,9,13H,1,6-7H2,2-4H3,(H,14,15). The first-order valence-electron chi connectivity index (χ1n) is 4.94. The summed E-state index contributed by atoms with van der Waals surface area (Å²) in [6.45, 7) is 9.78. The van der Waals surface area contributed by atoms with E-state index in [9.17, 15) is 4.79 Å². The number of nitriles is 1. The Morgan fingerprint density at radius 2 is 2.20 bits per heavy atom. The van der Waals surface area contributed by atoms with Crippen molar-refractivity contribution < 1.29 is 4.79 Å². The summed E-state index contributed by atoms with van der Waals surface area (Å²) in [4.78, 5) is 11.5. The van der Waals surface area contributed by atoms with Crippen molar-refractivity contribution in [3.8, 4) is 6.07 Å². The molecule has 0 aliphatic rings. The Morgan fingerprint density at radius 3 is 2.60 bits per heavy atom. The fourth-order valence-electron chi connectivity index (χ4n) is 1.04. The van der Waals surface area contributed by atoms with E-state index < -0.39 is 6.04 Å². The van der Waals surface area contributed by atoms with Crippen LogP contribution in [-0.2, 0) is 4.79 Å². The normalized spacial score (nSPS) is 12.7. The maximum Gasteiger partial charge on any atom is 0.223 e. The number of hydrogen-bond acceptors (Lipinski definition) is 3. The lowest BCUT2D eigenvalue weighted by atomic mass is 10.1. The molecule has 84 valence electrons. The molecule has 0 saturated heterocycles. The van der Waals surface area contributed by atoms with Crippen molar-refractivity contribution in [3.05, 3.63) is 12.7 Å².